The van der Waals surface area contributed by atoms with Crippen LogP contribution in [0.4, 0.5) is 0 Å². The second-order valence-corrected chi connectivity index (χ2v) is 6.67. The summed E-state index contributed by atoms with van der Waals surface area (Å²) in [6, 6.07) is 0. The lowest BCUT2D eigenvalue weighted by atomic mass is 9.90. The second kappa shape index (κ2) is 6.07. The fourth-order valence-corrected chi connectivity index (χ4v) is 1.03. The largest absolute Gasteiger partial charge is 0.462 e. The zero-order chi connectivity index (χ0) is 12.8. The normalized spacial score (nSPS) is 13.1. The van der Waals surface area contributed by atoms with E-state index in [0.29, 0.717) is 12.0 Å². The molecule has 0 aromatic heterocycles. The van der Waals surface area contributed by atoms with E-state index in [2.05, 4.69) is 20.8 Å². The Morgan fingerprint density at radius 3 is 2.06 bits per heavy atom. The van der Waals surface area contributed by atoms with E-state index < -0.39 is 0 Å². The summed E-state index contributed by atoms with van der Waals surface area (Å²) in [6.45, 7) is 13.2. The van der Waals surface area contributed by atoms with E-state index in [1.165, 1.54) is 6.08 Å². The van der Waals surface area contributed by atoms with Crippen LogP contribution < -0.4 is 0 Å². The van der Waals surface area contributed by atoms with E-state index in [-0.39, 0.29) is 11.4 Å². The summed E-state index contributed by atoms with van der Waals surface area (Å²) in [7, 11) is 0. The zero-order valence-corrected chi connectivity index (χ0v) is 11.6. The molecule has 0 aromatic rings. The summed E-state index contributed by atoms with van der Waals surface area (Å²) < 4.78 is 5.11. The van der Waals surface area contributed by atoms with Crippen molar-refractivity contribution in [1.29, 1.82) is 0 Å². The van der Waals surface area contributed by atoms with Gasteiger partial charge in [-0.05, 0) is 23.7 Å². The average Bonchev–Trinajstić information content (AvgIpc) is 2.06. The number of esters is 1. The van der Waals surface area contributed by atoms with Gasteiger partial charge < -0.3 is 4.74 Å². The Morgan fingerprint density at radius 1 is 1.06 bits per heavy atom. The van der Waals surface area contributed by atoms with Crippen molar-refractivity contribution in [3.63, 3.8) is 0 Å². The van der Waals surface area contributed by atoms with Gasteiger partial charge in [-0.2, -0.15) is 0 Å². The van der Waals surface area contributed by atoms with Crippen LogP contribution in [-0.2, 0) is 9.53 Å². The lowest BCUT2D eigenvalue weighted by Crippen LogP contribution is -2.17. The second-order valence-electron chi connectivity index (χ2n) is 6.67. The Bertz CT molecular complexity index is 238. The molecule has 0 bridgehead atoms. The van der Waals surface area contributed by atoms with E-state index >= 15 is 0 Å². The van der Waals surface area contributed by atoms with Gasteiger partial charge in [-0.3, -0.25) is 0 Å². The third kappa shape index (κ3) is 11.3. The maximum atomic E-state index is 11.3. The van der Waals surface area contributed by atoms with Gasteiger partial charge in [0.25, 0.3) is 0 Å². The van der Waals surface area contributed by atoms with Crippen LogP contribution in [0.5, 0.6) is 0 Å². The minimum Gasteiger partial charge on any atom is -0.462 e. The highest BCUT2D eigenvalue weighted by molar-refractivity contribution is 5.81. The minimum absolute atomic E-state index is 0.0366. The summed E-state index contributed by atoms with van der Waals surface area (Å²) in [5.41, 5.74) is 0.356. The summed E-state index contributed by atoms with van der Waals surface area (Å²) >= 11 is 0. The standard InChI is InChI=1S/C14H26O2/c1-13(2,3)10-8-7-9-12(15)16-11-14(4,5)6/h7,9H,8,10-11H2,1-6H3/b9-7+. The van der Waals surface area contributed by atoms with Gasteiger partial charge in [0, 0.05) is 6.08 Å². The van der Waals surface area contributed by atoms with Crippen LogP contribution in [0.2, 0.25) is 0 Å². The van der Waals surface area contributed by atoms with E-state index in [0.717, 1.165) is 12.8 Å². The molecule has 0 N–H and O–H groups in total. The van der Waals surface area contributed by atoms with Gasteiger partial charge in [0.1, 0.15) is 0 Å². The SMILES string of the molecule is CC(C)(C)CC/C=C/C(=O)OCC(C)(C)C. The van der Waals surface area contributed by atoms with Gasteiger partial charge >= 0.3 is 5.97 Å². The summed E-state index contributed by atoms with van der Waals surface area (Å²) in [5, 5.41) is 0. The molecule has 94 valence electrons. The minimum atomic E-state index is -0.233. The fraction of sp³-hybridized carbons (Fsp3) is 0.786. The number of hydrogen-bond acceptors (Lipinski definition) is 2. The van der Waals surface area contributed by atoms with Gasteiger partial charge in [0.05, 0.1) is 6.61 Å². The Hall–Kier alpha value is -0.790. The number of carbonyl (C=O) groups is 1. The van der Waals surface area contributed by atoms with Crippen molar-refractivity contribution in [2.24, 2.45) is 10.8 Å². The Labute approximate surface area is 100 Å². The van der Waals surface area contributed by atoms with Crippen LogP contribution in [0, 0.1) is 10.8 Å². The number of rotatable bonds is 4. The topological polar surface area (TPSA) is 26.3 Å². The van der Waals surface area contributed by atoms with E-state index in [1.54, 1.807) is 0 Å². The molecule has 0 fully saturated rings. The van der Waals surface area contributed by atoms with Crippen LogP contribution >= 0.6 is 0 Å². The lowest BCUT2D eigenvalue weighted by Gasteiger charge is -2.17. The lowest BCUT2D eigenvalue weighted by molar-refractivity contribution is -0.140. The quantitative estimate of drug-likeness (QED) is 0.536. The first kappa shape index (κ1) is 15.2. The van der Waals surface area contributed by atoms with Crippen molar-refractivity contribution in [1.82, 2.24) is 0 Å². The molecule has 0 spiro atoms. The highest BCUT2D eigenvalue weighted by Crippen LogP contribution is 2.20. The van der Waals surface area contributed by atoms with Crippen LogP contribution in [0.25, 0.3) is 0 Å². The Balaban J connectivity index is 3.76. The Kier molecular flexibility index (Phi) is 5.77. The molecule has 0 saturated heterocycles. The molecule has 16 heavy (non-hydrogen) atoms. The third-order valence-electron chi connectivity index (χ3n) is 1.96. The van der Waals surface area contributed by atoms with Gasteiger partial charge in [0.2, 0.25) is 0 Å². The Morgan fingerprint density at radius 2 is 1.62 bits per heavy atom. The molecule has 2 heteroatoms. The van der Waals surface area contributed by atoms with Gasteiger partial charge in [-0.1, -0.05) is 47.6 Å². The first-order chi connectivity index (χ1) is 7.10. The molecule has 0 heterocycles. The molecule has 2 nitrogen and oxygen atoms in total. The van der Waals surface area contributed by atoms with Gasteiger partial charge in [-0.15, -0.1) is 0 Å². The number of allylic oxidation sites excluding steroid dienone is 1. The third-order valence-corrected chi connectivity index (χ3v) is 1.96. The maximum absolute atomic E-state index is 11.3. The molecule has 0 aromatic carbocycles. The molecular formula is C14H26O2. The molecule has 0 amide bonds. The van der Waals surface area contributed by atoms with E-state index in [9.17, 15) is 4.79 Å². The molecule has 0 saturated carbocycles. The molecule has 0 rings (SSSR count). The molecule has 0 unspecified atom stereocenters. The van der Waals surface area contributed by atoms with Crippen LogP contribution in [0.1, 0.15) is 54.4 Å². The van der Waals surface area contributed by atoms with Crippen molar-refractivity contribution in [3.05, 3.63) is 12.2 Å². The predicted octanol–water partition coefficient (Wildman–Crippen LogP) is 3.96. The van der Waals surface area contributed by atoms with Gasteiger partial charge in [0.15, 0.2) is 0 Å². The summed E-state index contributed by atoms with van der Waals surface area (Å²) in [5.74, 6) is -0.233. The monoisotopic (exact) mass is 226 g/mol. The van der Waals surface area contributed by atoms with Crippen LogP contribution in [0.3, 0.4) is 0 Å². The van der Waals surface area contributed by atoms with Crippen LogP contribution in [0.15, 0.2) is 12.2 Å². The smallest absolute Gasteiger partial charge is 0.330 e. The highest BCUT2D eigenvalue weighted by atomic mass is 16.5. The van der Waals surface area contributed by atoms with Crippen molar-refractivity contribution >= 4 is 5.97 Å². The summed E-state index contributed by atoms with van der Waals surface area (Å²) in [4.78, 5) is 11.3. The molecule has 0 aliphatic heterocycles. The fourth-order valence-electron chi connectivity index (χ4n) is 1.03. The molecule has 0 atom stereocenters. The summed E-state index contributed by atoms with van der Waals surface area (Å²) in [6.07, 6.45) is 5.44. The predicted molar refractivity (Wildman–Crippen MR) is 68.2 cm³/mol. The average molecular weight is 226 g/mol. The van der Waals surface area contributed by atoms with Gasteiger partial charge in [-0.25, -0.2) is 4.79 Å². The molecular weight excluding hydrogens is 200 g/mol. The highest BCUT2D eigenvalue weighted by Gasteiger charge is 2.12. The van der Waals surface area contributed by atoms with E-state index in [4.69, 9.17) is 4.74 Å². The van der Waals surface area contributed by atoms with Crippen molar-refractivity contribution in [2.45, 2.75) is 54.4 Å². The van der Waals surface area contributed by atoms with Crippen molar-refractivity contribution in [3.8, 4) is 0 Å². The number of carbonyl (C=O) groups excluding carboxylic acids is 1. The molecule has 0 aliphatic rings. The van der Waals surface area contributed by atoms with Crippen LogP contribution in [-0.4, -0.2) is 12.6 Å². The number of ether oxygens (including phenoxy) is 1. The molecule has 0 radical (unpaired) electrons. The van der Waals surface area contributed by atoms with E-state index in [1.807, 2.05) is 26.8 Å². The maximum Gasteiger partial charge on any atom is 0.330 e. The number of hydrogen-bond donors (Lipinski definition) is 0. The first-order valence-electron chi connectivity index (χ1n) is 5.93. The van der Waals surface area contributed by atoms with Crippen molar-refractivity contribution < 1.29 is 9.53 Å². The first-order valence-corrected chi connectivity index (χ1v) is 5.93. The molecule has 0 aliphatic carbocycles. The zero-order valence-electron chi connectivity index (χ0n) is 11.6. The van der Waals surface area contributed by atoms with Crippen molar-refractivity contribution in [2.75, 3.05) is 6.61 Å².